The largest absolute Gasteiger partial charge is 0.748 e. The van der Waals surface area contributed by atoms with Crippen LogP contribution in [0, 0.1) is 0 Å². The topological polar surface area (TPSA) is 411 Å². The summed E-state index contributed by atoms with van der Waals surface area (Å²) in [5, 5.41) is 0.0471. The Hall–Kier alpha value is -5.96. The minimum Gasteiger partial charge on any atom is -0.748 e. The van der Waals surface area contributed by atoms with Crippen molar-refractivity contribution in [1.29, 1.82) is 0 Å². The highest BCUT2D eigenvalue weighted by molar-refractivity contribution is 7.87. The molecule has 34 heteroatoms. The molecule has 0 spiro atoms. The summed E-state index contributed by atoms with van der Waals surface area (Å²) in [6.45, 7) is 8.22. The van der Waals surface area contributed by atoms with E-state index in [1.807, 2.05) is 0 Å². The summed E-state index contributed by atoms with van der Waals surface area (Å²) in [6.07, 6.45) is 7.03. The van der Waals surface area contributed by atoms with Crippen LogP contribution < -0.4 is 4.90 Å². The minimum absolute atomic E-state index is 0.00525. The van der Waals surface area contributed by atoms with Crippen LogP contribution in [0.25, 0.3) is 21.5 Å². The van der Waals surface area contributed by atoms with Gasteiger partial charge in [-0.1, -0.05) is 29.8 Å². The number of halogens is 1. The highest BCUT2D eigenvalue weighted by Gasteiger charge is 2.47. The second-order valence-electron chi connectivity index (χ2n) is 23.3. The number of allylic oxidation sites excluding steroid dienone is 8. The first-order valence-corrected chi connectivity index (χ1v) is 37.5. The van der Waals surface area contributed by atoms with Gasteiger partial charge >= 0.3 is 5.97 Å². The number of nitrogens with zero attached hydrogens (tertiary/aromatic N) is 3. The second-order valence-corrected chi connectivity index (χ2v) is 30.6. The Bertz CT molecular complexity index is 4400. The molecule has 3 aliphatic heterocycles. The lowest BCUT2D eigenvalue weighted by atomic mass is 9.75. The number of anilines is 1. The zero-order chi connectivity index (χ0) is 69.5. The molecule has 0 saturated carbocycles. The van der Waals surface area contributed by atoms with E-state index in [0.29, 0.717) is 116 Å². The third-order valence-electron chi connectivity index (χ3n) is 16.5. The summed E-state index contributed by atoms with van der Waals surface area (Å²) in [7, 11) is -24.9. The fourth-order valence-electron chi connectivity index (χ4n) is 12.2. The van der Waals surface area contributed by atoms with E-state index in [-0.39, 0.29) is 117 Å². The first kappa shape index (κ1) is 74.8. The van der Waals surface area contributed by atoms with Gasteiger partial charge in [-0.25, -0.2) is 46.9 Å². The molecule has 4 aromatic rings. The molecule has 1 saturated heterocycles. The van der Waals surface area contributed by atoms with Crippen LogP contribution >= 0.6 is 11.6 Å². The summed E-state index contributed by atoms with van der Waals surface area (Å²) in [5.41, 5.74) is 0.464. The Morgan fingerprint density at radius 1 is 0.611 bits per heavy atom. The normalized spacial score (nSPS) is 18.9. The molecule has 1 fully saturated rings. The molecule has 8 rings (SSSR count). The Morgan fingerprint density at radius 3 is 1.64 bits per heavy atom. The van der Waals surface area contributed by atoms with Gasteiger partial charge < -0.3 is 60.9 Å². The summed E-state index contributed by atoms with van der Waals surface area (Å²) in [4.78, 5) is 40.4. The minimum atomic E-state index is -5.47. The van der Waals surface area contributed by atoms with Crippen molar-refractivity contribution in [1.82, 2.24) is 5.06 Å². The van der Waals surface area contributed by atoms with Gasteiger partial charge in [0.05, 0.1) is 114 Å². The van der Waals surface area contributed by atoms with Crippen molar-refractivity contribution < 1.29 is 117 Å². The Balaban J connectivity index is 1.16. The van der Waals surface area contributed by atoms with Gasteiger partial charge in [0, 0.05) is 83.6 Å². The predicted molar refractivity (Wildman–Crippen MR) is 335 cm³/mol. The Labute approximate surface area is 555 Å². The molecule has 2 amide bonds. The molecule has 28 nitrogen and oxygen atoms in total. The number of imide groups is 1. The number of ether oxygens (including phenoxy) is 6. The van der Waals surface area contributed by atoms with E-state index in [9.17, 15) is 79.2 Å². The lowest BCUT2D eigenvalue weighted by molar-refractivity contribution is -0.438. The van der Waals surface area contributed by atoms with Gasteiger partial charge in [0.15, 0.2) is 5.71 Å². The lowest BCUT2D eigenvalue weighted by Crippen LogP contribution is -2.32. The molecule has 1 atom stereocenters. The number of rotatable bonds is 34. The molecular weight excluding hydrogens is 1370 g/mol. The highest BCUT2D eigenvalue weighted by atomic mass is 35.5. The summed E-state index contributed by atoms with van der Waals surface area (Å²) < 4.78 is 224. The first-order chi connectivity index (χ1) is 44.6. The molecule has 4 aliphatic rings. The monoisotopic (exact) mass is 1440 g/mol. The van der Waals surface area contributed by atoms with E-state index in [1.165, 1.54) is 24.3 Å². The molecule has 4 aromatic carbocycles. The van der Waals surface area contributed by atoms with E-state index in [4.69, 9.17) is 44.9 Å². The van der Waals surface area contributed by atoms with E-state index in [1.54, 1.807) is 61.7 Å². The smallest absolute Gasteiger partial charge is 0.333 e. The summed E-state index contributed by atoms with van der Waals surface area (Å²) in [5.74, 6) is -3.15. The van der Waals surface area contributed by atoms with Gasteiger partial charge in [-0.15, -0.1) is 5.06 Å². The molecule has 1 aliphatic carbocycles. The standard InChI is InChI=1S/C61H74ClN3O25S5/c1-60(2)52(63(22-6-10-56(68)90-65-54(66)19-20-55(65)67)48-15-13-44-46(57(48)60)36-42(92(72,73)74)38-50(44)94(78,79)80)17-11-40-8-5-9-41(59(40)62)12-18-53-61(3,21-7-35-91(69,70)71)58-47-37-43(93(75,76)77)39-51(95(81,82)83)45(47)14-16-49(58)64(53)23-24-85-27-28-87-31-32-89-34-33-88-30-29-86-26-25-84-4/h11-18,36-39H,5-10,19-35H2,1-4H3,(H4-,69,70,71,72,73,74,75,76,77,78,79,80,81,82,83)/p-4. The van der Waals surface area contributed by atoms with Crippen LogP contribution in [-0.2, 0) is 109 Å². The van der Waals surface area contributed by atoms with Crippen LogP contribution in [0.2, 0.25) is 0 Å². The van der Waals surface area contributed by atoms with Crippen molar-refractivity contribution in [3.05, 3.63) is 106 Å². The molecule has 0 aromatic heterocycles. The van der Waals surface area contributed by atoms with Gasteiger partial charge in [0.25, 0.3) is 11.8 Å². The van der Waals surface area contributed by atoms with Crippen LogP contribution in [-0.4, -0.2) is 197 Å². The SMILES string of the molecule is COCCOCCOCCOCCOCCOCCN1/C(=C/C=C2\CCCC(/C=C/C3=[N+](CCCC(=O)ON4C(=O)CCC4=O)c4ccc5c(S(=O)(=O)[O-])cc(S(=O)(=O)[O-])cc5c4C3(C)C)=C2Cl)C(C)(CCCS(=O)(=O)[O-])c2c1ccc1c(S(=O)(=O)[O-])cc(S(=O)(=O)[O-])cc21. The maximum Gasteiger partial charge on any atom is 0.333 e. The average molecular weight is 1440 g/mol. The van der Waals surface area contributed by atoms with Crippen molar-refractivity contribution in [3.63, 3.8) is 0 Å². The number of hydrogen-bond acceptors (Lipinski definition) is 26. The number of hydroxylamine groups is 2. The number of amides is 2. The number of carbonyl (C=O) groups excluding carboxylic acids is 3. The summed E-state index contributed by atoms with van der Waals surface area (Å²) >= 11 is 7.36. The van der Waals surface area contributed by atoms with E-state index >= 15 is 0 Å². The van der Waals surface area contributed by atoms with Gasteiger partial charge in [0.1, 0.15) is 47.0 Å². The maximum absolute atomic E-state index is 13.1. The van der Waals surface area contributed by atoms with Crippen molar-refractivity contribution in [2.75, 3.05) is 104 Å². The lowest BCUT2D eigenvalue weighted by Gasteiger charge is -2.31. The van der Waals surface area contributed by atoms with Gasteiger partial charge in [-0.05, 0) is 128 Å². The molecule has 0 radical (unpaired) electrons. The van der Waals surface area contributed by atoms with E-state index in [0.717, 1.165) is 12.1 Å². The average Bonchev–Trinajstić information content (AvgIpc) is 1.60. The third-order valence-corrected chi connectivity index (χ3v) is 21.2. The molecule has 95 heavy (non-hydrogen) atoms. The maximum atomic E-state index is 13.1. The Morgan fingerprint density at radius 2 is 1.13 bits per heavy atom. The number of hydrogen-bond donors (Lipinski definition) is 0. The van der Waals surface area contributed by atoms with Crippen molar-refractivity contribution in [2.24, 2.45) is 0 Å². The number of methoxy groups -OCH3 is 1. The fraction of sp³-hybridized carbons (Fsp3) is 0.475. The van der Waals surface area contributed by atoms with Crippen LogP contribution in [0.4, 0.5) is 11.4 Å². The van der Waals surface area contributed by atoms with Crippen LogP contribution in [0.15, 0.2) is 114 Å². The van der Waals surface area contributed by atoms with Crippen molar-refractivity contribution in [3.8, 4) is 0 Å². The molecule has 520 valence electrons. The van der Waals surface area contributed by atoms with Crippen LogP contribution in [0.3, 0.4) is 0 Å². The third kappa shape index (κ3) is 18.0. The molecular formula is C61H70ClN3O25S5-4. The number of fused-ring (bicyclic) bond motifs is 6. The molecule has 0 bridgehead atoms. The van der Waals surface area contributed by atoms with Gasteiger partial charge in [-0.3, -0.25) is 9.59 Å². The number of benzene rings is 4. The summed E-state index contributed by atoms with van der Waals surface area (Å²) in [6, 6.07) is 8.48. The molecule has 0 N–H and O–H groups in total. The van der Waals surface area contributed by atoms with Crippen molar-refractivity contribution in [2.45, 2.75) is 109 Å². The van der Waals surface area contributed by atoms with E-state index < -0.39 is 105 Å². The van der Waals surface area contributed by atoms with Gasteiger partial charge in [-0.2, -0.15) is 4.58 Å². The second kappa shape index (κ2) is 30.8. The van der Waals surface area contributed by atoms with Crippen LogP contribution in [0.1, 0.15) is 89.7 Å². The van der Waals surface area contributed by atoms with E-state index in [2.05, 4.69) is 0 Å². The highest BCUT2D eigenvalue weighted by Crippen LogP contribution is 2.55. The quantitative estimate of drug-likeness (QED) is 0.0249. The first-order valence-electron chi connectivity index (χ1n) is 29.9. The van der Waals surface area contributed by atoms with Gasteiger partial charge in [0.2, 0.25) is 5.69 Å². The number of carbonyl (C=O) groups is 3. The molecule has 1 unspecified atom stereocenters. The fourth-order valence-corrected chi connectivity index (χ4v) is 15.7. The Kier molecular flexibility index (Phi) is 24.3. The zero-order valence-electron chi connectivity index (χ0n) is 52.2. The van der Waals surface area contributed by atoms with Crippen molar-refractivity contribution >= 4 is 119 Å². The zero-order valence-corrected chi connectivity index (χ0v) is 57.0. The van der Waals surface area contributed by atoms with Crippen LogP contribution in [0.5, 0.6) is 0 Å². The molecule has 3 heterocycles. The predicted octanol–water partition coefficient (Wildman–Crippen LogP) is 5.25.